The molecule has 0 heterocycles. The van der Waals surface area contributed by atoms with Gasteiger partial charge in [-0.3, -0.25) is 0 Å². The minimum Gasteiger partial charge on any atom is -0.394 e. The Bertz CT molecular complexity index is 436. The van der Waals surface area contributed by atoms with Gasteiger partial charge >= 0.3 is 0 Å². The summed E-state index contributed by atoms with van der Waals surface area (Å²) in [5, 5.41) is 17.1. The minimum absolute atomic E-state index is 0.145. The highest BCUT2D eigenvalue weighted by Crippen LogP contribution is 2.13. The van der Waals surface area contributed by atoms with E-state index < -0.39 is 0 Å². The van der Waals surface area contributed by atoms with Gasteiger partial charge in [0.25, 0.3) is 0 Å². The van der Waals surface area contributed by atoms with Crippen LogP contribution >= 0.6 is 0 Å². The number of hydrogen-bond donors (Lipinski definition) is 2. The van der Waals surface area contributed by atoms with Crippen LogP contribution in [0.1, 0.15) is 194 Å². The lowest BCUT2D eigenvalue weighted by molar-refractivity contribution is 0.0895. The average Bonchev–Trinajstić information content (AvgIpc) is 3.00. The lowest BCUT2D eigenvalue weighted by atomic mass is 10.0. The van der Waals surface area contributed by atoms with Crippen molar-refractivity contribution < 1.29 is 19.7 Å². The lowest BCUT2D eigenvalue weighted by Gasteiger charge is -2.03. The van der Waals surface area contributed by atoms with Gasteiger partial charge in [-0.15, -0.1) is 0 Å². The van der Waals surface area contributed by atoms with E-state index in [0.717, 1.165) is 26.1 Å². The number of unbranched alkanes of at least 4 members (excludes halogenated alkanes) is 25. The molecule has 0 fully saturated rings. The van der Waals surface area contributed by atoms with Crippen LogP contribution < -0.4 is 0 Å². The number of aliphatic hydroxyl groups is 2. The summed E-state index contributed by atoms with van der Waals surface area (Å²) in [5.41, 5.74) is 0. The second-order valence-corrected chi connectivity index (χ2v) is 12.2. The zero-order chi connectivity index (χ0) is 30.9. The zero-order valence-corrected chi connectivity index (χ0v) is 28.9. The number of rotatable bonds is 35. The fraction of sp³-hybridized carbons (Fsp3) is 0.947. The van der Waals surface area contributed by atoms with Gasteiger partial charge in [0.15, 0.2) is 0 Å². The van der Waals surface area contributed by atoms with Gasteiger partial charge in [-0.25, -0.2) is 0 Å². The number of hydrogen-bond acceptors (Lipinski definition) is 4. The molecule has 4 nitrogen and oxygen atoms in total. The molecule has 42 heavy (non-hydrogen) atoms. The van der Waals surface area contributed by atoms with Crippen molar-refractivity contribution >= 4 is 0 Å². The van der Waals surface area contributed by atoms with Crippen molar-refractivity contribution in [2.24, 2.45) is 0 Å². The van der Waals surface area contributed by atoms with Gasteiger partial charge in [0.05, 0.1) is 26.4 Å². The molecule has 0 aliphatic rings. The molecule has 0 saturated heterocycles. The fourth-order valence-corrected chi connectivity index (χ4v) is 5.18. The van der Waals surface area contributed by atoms with Crippen LogP contribution in [-0.4, -0.2) is 49.9 Å². The molecule has 0 aromatic heterocycles. The van der Waals surface area contributed by atoms with Gasteiger partial charge < -0.3 is 19.7 Å². The van der Waals surface area contributed by atoms with E-state index in [4.69, 9.17) is 19.7 Å². The molecule has 0 bridgehead atoms. The highest BCUT2D eigenvalue weighted by molar-refractivity contribution is 4.81. The third kappa shape index (κ3) is 46.5. The molecule has 2 N–H and O–H groups in total. The molecule has 0 aliphatic carbocycles. The second kappa shape index (κ2) is 45.0. The first kappa shape index (κ1) is 43.7. The molecule has 0 amide bonds. The molecule has 0 rings (SSSR count). The average molecular weight is 599 g/mol. The monoisotopic (exact) mass is 599 g/mol. The molecular weight excluding hydrogens is 520 g/mol. The van der Waals surface area contributed by atoms with Gasteiger partial charge in [-0.2, -0.15) is 0 Å². The largest absolute Gasteiger partial charge is 0.394 e. The van der Waals surface area contributed by atoms with Gasteiger partial charge in [0, 0.05) is 13.2 Å². The van der Waals surface area contributed by atoms with Crippen molar-refractivity contribution in [1.82, 2.24) is 0 Å². The van der Waals surface area contributed by atoms with Gasteiger partial charge in [0.2, 0.25) is 0 Å². The van der Waals surface area contributed by atoms with Crippen LogP contribution in [0.2, 0.25) is 0 Å². The Morgan fingerprint density at radius 2 is 0.595 bits per heavy atom. The first-order valence-corrected chi connectivity index (χ1v) is 18.9. The van der Waals surface area contributed by atoms with E-state index in [9.17, 15) is 0 Å². The molecular formula is C38H78O4. The summed E-state index contributed by atoms with van der Waals surface area (Å²) in [6, 6.07) is 0. The van der Waals surface area contributed by atoms with E-state index in [2.05, 4.69) is 26.0 Å². The summed E-state index contributed by atoms with van der Waals surface area (Å²) in [4.78, 5) is 0. The maximum absolute atomic E-state index is 8.57. The van der Waals surface area contributed by atoms with Crippen LogP contribution in [0.4, 0.5) is 0 Å². The molecule has 0 unspecified atom stereocenters. The van der Waals surface area contributed by atoms with Crippen molar-refractivity contribution in [2.45, 2.75) is 194 Å². The van der Waals surface area contributed by atoms with Gasteiger partial charge in [0.1, 0.15) is 0 Å². The molecule has 0 atom stereocenters. The smallest absolute Gasteiger partial charge is 0.0697 e. The topological polar surface area (TPSA) is 58.9 Å². The summed E-state index contributed by atoms with van der Waals surface area (Å²) in [6.07, 6.45) is 42.9. The van der Waals surface area contributed by atoms with Crippen LogP contribution in [0.15, 0.2) is 12.2 Å². The van der Waals surface area contributed by atoms with Crippen LogP contribution in [0.3, 0.4) is 0 Å². The summed E-state index contributed by atoms with van der Waals surface area (Å²) in [5.74, 6) is 0. The van der Waals surface area contributed by atoms with Crippen molar-refractivity contribution in [2.75, 3.05) is 39.6 Å². The number of allylic oxidation sites excluding steroid dienone is 2. The highest BCUT2D eigenvalue weighted by Gasteiger charge is 1.95. The third-order valence-electron chi connectivity index (χ3n) is 7.91. The summed E-state index contributed by atoms with van der Waals surface area (Å²) in [7, 11) is 0. The zero-order valence-electron chi connectivity index (χ0n) is 28.9. The Kier molecular flexibility index (Phi) is 46.8. The Morgan fingerprint density at radius 1 is 0.333 bits per heavy atom. The summed E-state index contributed by atoms with van der Waals surface area (Å²) < 4.78 is 10.5. The normalized spacial score (nSPS) is 11.3. The SMILES string of the molecule is CCCCCCCCC=CCCCCCCCCOCCO.CCCCCCCCCCCCCCCCOCCO. The minimum atomic E-state index is 0.145. The molecule has 254 valence electrons. The van der Waals surface area contributed by atoms with Crippen molar-refractivity contribution in [1.29, 1.82) is 0 Å². The fourth-order valence-electron chi connectivity index (χ4n) is 5.18. The molecule has 4 heteroatoms. The Balaban J connectivity index is 0. The Hall–Kier alpha value is -0.420. The van der Waals surface area contributed by atoms with E-state index in [0.29, 0.717) is 13.2 Å². The molecule has 0 radical (unpaired) electrons. The predicted octanol–water partition coefficient (Wildman–Crippen LogP) is 11.5. The molecule has 0 aromatic carbocycles. The lowest BCUT2D eigenvalue weighted by Crippen LogP contribution is -2.00. The number of ether oxygens (including phenoxy) is 2. The molecule has 0 aliphatic heterocycles. The second-order valence-electron chi connectivity index (χ2n) is 12.2. The standard InChI is InChI=1S/C20H40O2.C18H38O2/c1-2-3-4-5-6-7-8-9-10-11-12-13-14-15-16-17-19-22-20-18-21;1-2-3-4-5-6-7-8-9-10-11-12-13-14-15-17-20-18-16-19/h9-10,21H,2-8,11-20H2,1H3;19H,2-18H2,1H3. The van der Waals surface area contributed by atoms with E-state index in [1.54, 1.807) is 0 Å². The predicted molar refractivity (Wildman–Crippen MR) is 186 cm³/mol. The number of aliphatic hydroxyl groups excluding tert-OH is 2. The summed E-state index contributed by atoms with van der Waals surface area (Å²) >= 11 is 0. The molecule has 0 aromatic rings. The van der Waals surface area contributed by atoms with Crippen LogP contribution in [-0.2, 0) is 9.47 Å². The molecule has 0 spiro atoms. The van der Waals surface area contributed by atoms with Crippen molar-refractivity contribution in [3.63, 3.8) is 0 Å². The first-order valence-electron chi connectivity index (χ1n) is 18.9. The van der Waals surface area contributed by atoms with Crippen LogP contribution in [0.5, 0.6) is 0 Å². The van der Waals surface area contributed by atoms with E-state index in [1.807, 2.05) is 0 Å². The maximum Gasteiger partial charge on any atom is 0.0697 e. The van der Waals surface area contributed by atoms with E-state index in [1.165, 1.54) is 167 Å². The van der Waals surface area contributed by atoms with Crippen molar-refractivity contribution in [3.8, 4) is 0 Å². The van der Waals surface area contributed by atoms with Gasteiger partial charge in [-0.1, -0.05) is 167 Å². The van der Waals surface area contributed by atoms with E-state index >= 15 is 0 Å². The highest BCUT2D eigenvalue weighted by atomic mass is 16.5. The van der Waals surface area contributed by atoms with Crippen LogP contribution in [0.25, 0.3) is 0 Å². The van der Waals surface area contributed by atoms with Crippen LogP contribution in [0, 0.1) is 0 Å². The summed E-state index contributed by atoms with van der Waals surface area (Å²) in [6.45, 7) is 7.47. The molecule has 0 saturated carbocycles. The van der Waals surface area contributed by atoms with E-state index in [-0.39, 0.29) is 13.2 Å². The quantitative estimate of drug-likeness (QED) is 0.0562. The maximum atomic E-state index is 8.57. The Morgan fingerprint density at radius 3 is 0.881 bits per heavy atom. The van der Waals surface area contributed by atoms with Gasteiger partial charge in [-0.05, 0) is 38.5 Å². The third-order valence-corrected chi connectivity index (χ3v) is 7.91. The first-order chi connectivity index (χ1) is 20.8. The Labute approximate surface area is 264 Å². The van der Waals surface area contributed by atoms with Crippen molar-refractivity contribution in [3.05, 3.63) is 12.2 Å².